The van der Waals surface area contributed by atoms with E-state index in [0.717, 1.165) is 11.3 Å². The number of carbonyl (C=O) groups is 2. The minimum Gasteiger partial charge on any atom is -0.467 e. The number of rotatable bonds is 7. The molecule has 1 aromatic carbocycles. The van der Waals surface area contributed by atoms with Gasteiger partial charge < -0.3 is 10.1 Å². The van der Waals surface area contributed by atoms with Gasteiger partial charge in [-0.3, -0.25) is 4.79 Å². The molecule has 1 aromatic rings. The maximum Gasteiger partial charge on any atom is 0.328 e. The Bertz CT molecular complexity index is 511. The lowest BCUT2D eigenvalue weighted by atomic mass is 10.1. The summed E-state index contributed by atoms with van der Waals surface area (Å²) in [4.78, 5) is 23.6. The third-order valence-electron chi connectivity index (χ3n) is 2.78. The largest absolute Gasteiger partial charge is 0.467 e. The number of hydrogen-bond acceptors (Lipinski definition) is 4. The average molecular weight is 350 g/mol. The molecule has 0 bridgehead atoms. The molecule has 0 unspecified atom stereocenters. The second-order valence-electron chi connectivity index (χ2n) is 4.35. The van der Waals surface area contributed by atoms with E-state index < -0.39 is 12.0 Å². The van der Waals surface area contributed by atoms with Gasteiger partial charge in [-0.1, -0.05) is 29.3 Å². The molecule has 1 amide bonds. The number of halogens is 2. The first-order chi connectivity index (χ1) is 9.97. The predicted molar refractivity (Wildman–Crippen MR) is 87.1 cm³/mol. The van der Waals surface area contributed by atoms with E-state index in [0.29, 0.717) is 16.5 Å². The van der Waals surface area contributed by atoms with Crippen LogP contribution in [0.3, 0.4) is 0 Å². The normalized spacial score (nSPS) is 11.8. The molecule has 7 heteroatoms. The summed E-state index contributed by atoms with van der Waals surface area (Å²) in [6.07, 6.45) is 2.59. The van der Waals surface area contributed by atoms with Gasteiger partial charge in [-0.05, 0) is 36.1 Å². The zero-order valence-electron chi connectivity index (χ0n) is 11.8. The molecule has 0 aliphatic carbocycles. The van der Waals surface area contributed by atoms with Crippen LogP contribution in [0, 0.1) is 0 Å². The van der Waals surface area contributed by atoms with Gasteiger partial charge in [0.25, 0.3) is 0 Å². The zero-order valence-corrected chi connectivity index (χ0v) is 14.1. The number of hydrogen-bond donors (Lipinski definition) is 1. The van der Waals surface area contributed by atoms with Gasteiger partial charge in [0.2, 0.25) is 5.91 Å². The fourth-order valence-corrected chi connectivity index (χ4v) is 2.50. The number of benzene rings is 1. The van der Waals surface area contributed by atoms with Gasteiger partial charge in [-0.2, -0.15) is 11.8 Å². The first kappa shape index (κ1) is 18.1. The summed E-state index contributed by atoms with van der Waals surface area (Å²) < 4.78 is 4.69. The van der Waals surface area contributed by atoms with Crippen LogP contribution >= 0.6 is 35.0 Å². The molecule has 4 nitrogen and oxygen atoms in total. The van der Waals surface area contributed by atoms with Gasteiger partial charge in [0.15, 0.2) is 0 Å². The van der Waals surface area contributed by atoms with E-state index in [2.05, 4.69) is 5.32 Å². The molecule has 1 rings (SSSR count). The SMILES string of the molecule is COC(=O)[C@@H](CCSC)NC(=O)Cc1ccc(Cl)c(Cl)c1. The highest BCUT2D eigenvalue weighted by Crippen LogP contribution is 2.22. The highest BCUT2D eigenvalue weighted by molar-refractivity contribution is 7.98. The minimum absolute atomic E-state index is 0.129. The Kier molecular flexibility index (Phi) is 7.93. The van der Waals surface area contributed by atoms with E-state index in [1.807, 2.05) is 6.26 Å². The maximum atomic E-state index is 12.0. The summed E-state index contributed by atoms with van der Waals surface area (Å²) in [6, 6.07) is 4.37. The van der Waals surface area contributed by atoms with Crippen LogP contribution in [0.4, 0.5) is 0 Å². The van der Waals surface area contributed by atoms with E-state index in [4.69, 9.17) is 27.9 Å². The van der Waals surface area contributed by atoms with Gasteiger partial charge in [-0.25, -0.2) is 4.79 Å². The fraction of sp³-hybridized carbons (Fsp3) is 0.429. The van der Waals surface area contributed by atoms with Crippen molar-refractivity contribution in [3.8, 4) is 0 Å². The van der Waals surface area contributed by atoms with Crippen LogP contribution in [0.15, 0.2) is 18.2 Å². The molecule has 0 saturated carbocycles. The monoisotopic (exact) mass is 349 g/mol. The number of nitrogens with one attached hydrogen (secondary N) is 1. The van der Waals surface area contributed by atoms with Crippen molar-refractivity contribution < 1.29 is 14.3 Å². The number of amides is 1. The lowest BCUT2D eigenvalue weighted by Gasteiger charge is -2.16. The molecule has 1 N–H and O–H groups in total. The van der Waals surface area contributed by atoms with Crippen LogP contribution in [0.5, 0.6) is 0 Å². The van der Waals surface area contributed by atoms with Gasteiger partial charge >= 0.3 is 5.97 Å². The molecule has 0 heterocycles. The van der Waals surface area contributed by atoms with Crippen LogP contribution in [-0.4, -0.2) is 37.0 Å². The van der Waals surface area contributed by atoms with Crippen molar-refractivity contribution in [3.05, 3.63) is 33.8 Å². The third-order valence-corrected chi connectivity index (χ3v) is 4.16. The summed E-state index contributed by atoms with van der Waals surface area (Å²) in [6.45, 7) is 0. The van der Waals surface area contributed by atoms with Crippen LogP contribution in [0.2, 0.25) is 10.0 Å². The van der Waals surface area contributed by atoms with E-state index in [1.165, 1.54) is 7.11 Å². The molecule has 0 fully saturated rings. The number of methoxy groups -OCH3 is 1. The number of thioether (sulfide) groups is 1. The fourth-order valence-electron chi connectivity index (χ4n) is 1.71. The van der Waals surface area contributed by atoms with Crippen LogP contribution < -0.4 is 5.32 Å². The molecule has 0 radical (unpaired) electrons. The lowest BCUT2D eigenvalue weighted by molar-refractivity contribution is -0.145. The lowest BCUT2D eigenvalue weighted by Crippen LogP contribution is -2.42. The molecular formula is C14H17Cl2NO3S. The molecule has 116 valence electrons. The summed E-state index contributed by atoms with van der Waals surface area (Å²) in [7, 11) is 1.31. The molecule has 1 atom stereocenters. The minimum atomic E-state index is -0.627. The summed E-state index contributed by atoms with van der Waals surface area (Å²) >= 11 is 13.3. The highest BCUT2D eigenvalue weighted by Gasteiger charge is 2.21. The Morgan fingerprint density at radius 1 is 1.33 bits per heavy atom. The number of carbonyl (C=O) groups excluding carboxylic acids is 2. The summed E-state index contributed by atoms with van der Waals surface area (Å²) in [5.41, 5.74) is 0.732. The highest BCUT2D eigenvalue weighted by atomic mass is 35.5. The molecule has 21 heavy (non-hydrogen) atoms. The Morgan fingerprint density at radius 3 is 2.62 bits per heavy atom. The second-order valence-corrected chi connectivity index (χ2v) is 6.15. The first-order valence-corrected chi connectivity index (χ1v) is 8.43. The Balaban J connectivity index is 2.64. The smallest absolute Gasteiger partial charge is 0.328 e. The summed E-state index contributed by atoms with van der Waals surface area (Å²) in [5, 5.41) is 3.52. The Morgan fingerprint density at radius 2 is 2.05 bits per heavy atom. The third kappa shape index (κ3) is 6.16. The van der Waals surface area contributed by atoms with Crippen molar-refractivity contribution in [2.45, 2.75) is 18.9 Å². The van der Waals surface area contributed by atoms with Crippen molar-refractivity contribution in [2.24, 2.45) is 0 Å². The first-order valence-electron chi connectivity index (χ1n) is 6.28. The van der Waals surface area contributed by atoms with Crippen molar-refractivity contribution >= 4 is 46.8 Å². The molecule has 0 aliphatic rings. The molecular weight excluding hydrogens is 333 g/mol. The topological polar surface area (TPSA) is 55.4 Å². The molecule has 0 saturated heterocycles. The standard InChI is InChI=1S/C14H17Cl2NO3S/c1-20-14(19)12(5-6-21-2)17-13(18)8-9-3-4-10(15)11(16)7-9/h3-4,7,12H,5-6,8H2,1-2H3,(H,17,18)/t12-/m1/s1. The average Bonchev–Trinajstić information content (AvgIpc) is 2.46. The van der Waals surface area contributed by atoms with Crippen molar-refractivity contribution in [1.82, 2.24) is 5.32 Å². The molecule has 0 spiro atoms. The van der Waals surface area contributed by atoms with Gasteiger partial charge in [0.1, 0.15) is 6.04 Å². The Hall–Kier alpha value is -0.910. The van der Waals surface area contributed by atoms with Crippen LogP contribution in [0.25, 0.3) is 0 Å². The van der Waals surface area contributed by atoms with Crippen molar-refractivity contribution in [1.29, 1.82) is 0 Å². The van der Waals surface area contributed by atoms with Gasteiger partial charge in [-0.15, -0.1) is 0 Å². The van der Waals surface area contributed by atoms with E-state index in [1.54, 1.807) is 30.0 Å². The second kappa shape index (κ2) is 9.18. The van der Waals surface area contributed by atoms with Gasteiger partial charge in [0, 0.05) is 0 Å². The number of ether oxygens (including phenoxy) is 1. The quantitative estimate of drug-likeness (QED) is 0.769. The van der Waals surface area contributed by atoms with Crippen molar-refractivity contribution in [2.75, 3.05) is 19.1 Å². The number of esters is 1. The summed E-state index contributed by atoms with van der Waals surface area (Å²) in [5.74, 6) is 0.0590. The molecule has 0 aromatic heterocycles. The van der Waals surface area contributed by atoms with Crippen LogP contribution in [0.1, 0.15) is 12.0 Å². The molecule has 0 aliphatic heterocycles. The maximum absolute atomic E-state index is 12.0. The predicted octanol–water partition coefficient (Wildman–Crippen LogP) is 2.95. The zero-order chi connectivity index (χ0) is 15.8. The van der Waals surface area contributed by atoms with E-state index >= 15 is 0 Å². The van der Waals surface area contributed by atoms with E-state index in [-0.39, 0.29) is 12.3 Å². The van der Waals surface area contributed by atoms with Gasteiger partial charge in [0.05, 0.1) is 23.6 Å². The van der Waals surface area contributed by atoms with Crippen LogP contribution in [-0.2, 0) is 20.7 Å². The Labute approximate surface area is 138 Å². The van der Waals surface area contributed by atoms with Crippen molar-refractivity contribution in [3.63, 3.8) is 0 Å². The van der Waals surface area contributed by atoms with E-state index in [9.17, 15) is 9.59 Å².